The molecule has 0 aromatic carbocycles. The van der Waals surface area contributed by atoms with Crippen LogP contribution in [0.5, 0.6) is 0 Å². The number of pyridine rings is 1. The third-order valence-electron chi connectivity index (χ3n) is 3.35. The molecule has 0 unspecified atom stereocenters. The SMILES string of the molecule is CC(C)(C)CNc1nc2c(cc1C(N)=S)CCCC2. The van der Waals surface area contributed by atoms with Crippen LogP contribution in [0.25, 0.3) is 0 Å². The lowest BCUT2D eigenvalue weighted by atomic mass is 9.94. The Morgan fingerprint density at radius 3 is 2.68 bits per heavy atom. The molecule has 3 nitrogen and oxygen atoms in total. The zero-order valence-electron chi connectivity index (χ0n) is 12.0. The van der Waals surface area contributed by atoms with Gasteiger partial charge in [0.15, 0.2) is 0 Å². The van der Waals surface area contributed by atoms with Gasteiger partial charge in [-0.3, -0.25) is 0 Å². The van der Waals surface area contributed by atoms with Crippen molar-refractivity contribution in [2.75, 3.05) is 11.9 Å². The Morgan fingerprint density at radius 1 is 1.37 bits per heavy atom. The molecule has 0 fully saturated rings. The fourth-order valence-electron chi connectivity index (χ4n) is 2.31. The quantitative estimate of drug-likeness (QED) is 0.834. The standard InChI is InChI=1S/C15H23N3S/c1-15(2,3)9-17-14-11(13(16)19)8-10-6-4-5-7-12(10)18-14/h8H,4-7,9H2,1-3H3,(H2,16,19)(H,17,18). The summed E-state index contributed by atoms with van der Waals surface area (Å²) in [7, 11) is 0. The number of aromatic nitrogens is 1. The van der Waals surface area contributed by atoms with Gasteiger partial charge >= 0.3 is 0 Å². The van der Waals surface area contributed by atoms with Crippen LogP contribution in [0.15, 0.2) is 6.07 Å². The van der Waals surface area contributed by atoms with Gasteiger partial charge < -0.3 is 11.1 Å². The fourth-order valence-corrected chi connectivity index (χ4v) is 2.46. The first kappa shape index (κ1) is 14.3. The molecule has 0 spiro atoms. The van der Waals surface area contributed by atoms with Crippen molar-refractivity contribution >= 4 is 23.0 Å². The minimum Gasteiger partial charge on any atom is -0.389 e. The van der Waals surface area contributed by atoms with Crippen molar-refractivity contribution in [3.63, 3.8) is 0 Å². The normalized spacial score (nSPS) is 14.9. The topological polar surface area (TPSA) is 50.9 Å². The molecule has 2 rings (SSSR count). The summed E-state index contributed by atoms with van der Waals surface area (Å²) in [5.41, 5.74) is 9.45. The Morgan fingerprint density at radius 2 is 2.05 bits per heavy atom. The Labute approximate surface area is 121 Å². The number of nitrogens with two attached hydrogens (primary N) is 1. The van der Waals surface area contributed by atoms with Gasteiger partial charge in [-0.2, -0.15) is 0 Å². The Bertz CT molecular complexity index is 489. The molecule has 1 aliphatic carbocycles. The van der Waals surface area contributed by atoms with E-state index in [-0.39, 0.29) is 5.41 Å². The van der Waals surface area contributed by atoms with Crippen LogP contribution < -0.4 is 11.1 Å². The van der Waals surface area contributed by atoms with E-state index in [4.69, 9.17) is 22.9 Å². The lowest BCUT2D eigenvalue weighted by Crippen LogP contribution is -2.23. The average Bonchev–Trinajstić information content (AvgIpc) is 2.34. The molecule has 0 radical (unpaired) electrons. The van der Waals surface area contributed by atoms with E-state index >= 15 is 0 Å². The van der Waals surface area contributed by atoms with Crippen LogP contribution in [0.3, 0.4) is 0 Å². The van der Waals surface area contributed by atoms with E-state index in [0.717, 1.165) is 30.8 Å². The van der Waals surface area contributed by atoms with E-state index < -0.39 is 0 Å². The summed E-state index contributed by atoms with van der Waals surface area (Å²) in [4.78, 5) is 5.19. The van der Waals surface area contributed by atoms with Gasteiger partial charge in [0.05, 0.1) is 5.56 Å². The summed E-state index contributed by atoms with van der Waals surface area (Å²) < 4.78 is 0. The lowest BCUT2D eigenvalue weighted by molar-refractivity contribution is 0.442. The number of thiocarbonyl (C=S) groups is 1. The first-order valence-corrected chi connectivity index (χ1v) is 7.34. The molecule has 0 saturated carbocycles. The van der Waals surface area contributed by atoms with Gasteiger partial charge in [-0.05, 0) is 42.7 Å². The van der Waals surface area contributed by atoms with Gasteiger partial charge in [-0.15, -0.1) is 0 Å². The molecule has 104 valence electrons. The first-order chi connectivity index (χ1) is 8.87. The van der Waals surface area contributed by atoms with Crippen molar-refractivity contribution in [2.45, 2.75) is 46.5 Å². The number of hydrogen-bond donors (Lipinski definition) is 2. The molecule has 1 aromatic heterocycles. The summed E-state index contributed by atoms with van der Waals surface area (Å²) in [5.74, 6) is 0.850. The van der Waals surface area contributed by atoms with Crippen LogP contribution in [-0.2, 0) is 12.8 Å². The van der Waals surface area contributed by atoms with Crippen molar-refractivity contribution in [3.8, 4) is 0 Å². The van der Waals surface area contributed by atoms with Gasteiger partial charge in [0.25, 0.3) is 0 Å². The van der Waals surface area contributed by atoms with Crippen molar-refractivity contribution in [1.82, 2.24) is 4.98 Å². The molecule has 1 aliphatic rings. The Balaban J connectivity index is 2.32. The van der Waals surface area contributed by atoms with Gasteiger partial charge in [0.2, 0.25) is 0 Å². The minimum atomic E-state index is 0.199. The maximum absolute atomic E-state index is 5.84. The largest absolute Gasteiger partial charge is 0.389 e. The number of nitrogens with zero attached hydrogens (tertiary/aromatic N) is 1. The highest BCUT2D eigenvalue weighted by Gasteiger charge is 2.18. The fraction of sp³-hybridized carbons (Fsp3) is 0.600. The molecular weight excluding hydrogens is 254 g/mol. The van der Waals surface area contributed by atoms with Gasteiger partial charge in [-0.25, -0.2) is 4.98 Å². The van der Waals surface area contributed by atoms with E-state index in [9.17, 15) is 0 Å². The summed E-state index contributed by atoms with van der Waals surface area (Å²) >= 11 is 5.16. The summed E-state index contributed by atoms with van der Waals surface area (Å²) in [6.45, 7) is 7.44. The monoisotopic (exact) mass is 277 g/mol. The van der Waals surface area contributed by atoms with Crippen LogP contribution in [0, 0.1) is 5.41 Å². The highest BCUT2D eigenvalue weighted by Crippen LogP contribution is 2.25. The molecule has 0 aliphatic heterocycles. The molecule has 1 heterocycles. The van der Waals surface area contributed by atoms with Crippen molar-refractivity contribution in [2.24, 2.45) is 11.1 Å². The van der Waals surface area contributed by atoms with Crippen LogP contribution >= 0.6 is 12.2 Å². The second kappa shape index (κ2) is 5.45. The molecule has 0 atom stereocenters. The minimum absolute atomic E-state index is 0.199. The van der Waals surface area contributed by atoms with Crippen molar-refractivity contribution in [1.29, 1.82) is 0 Å². The van der Waals surface area contributed by atoms with E-state index in [1.165, 1.54) is 24.1 Å². The van der Waals surface area contributed by atoms with Gasteiger partial charge in [0, 0.05) is 12.2 Å². The highest BCUT2D eigenvalue weighted by molar-refractivity contribution is 7.80. The number of rotatable bonds is 3. The van der Waals surface area contributed by atoms with Crippen molar-refractivity contribution in [3.05, 3.63) is 22.9 Å². The number of aryl methyl sites for hydroxylation is 2. The molecule has 1 aromatic rings. The molecule has 0 saturated heterocycles. The van der Waals surface area contributed by atoms with Gasteiger partial charge in [0.1, 0.15) is 10.8 Å². The smallest absolute Gasteiger partial charge is 0.136 e. The van der Waals surface area contributed by atoms with E-state index in [0.29, 0.717) is 4.99 Å². The van der Waals surface area contributed by atoms with Crippen LogP contribution in [0.1, 0.15) is 50.4 Å². The molecule has 3 N–H and O–H groups in total. The first-order valence-electron chi connectivity index (χ1n) is 6.93. The molecule has 19 heavy (non-hydrogen) atoms. The molecule has 4 heteroatoms. The Kier molecular flexibility index (Phi) is 4.09. The van der Waals surface area contributed by atoms with E-state index in [2.05, 4.69) is 32.2 Å². The zero-order valence-corrected chi connectivity index (χ0v) is 12.9. The second-order valence-corrected chi connectivity index (χ2v) is 6.92. The van der Waals surface area contributed by atoms with Crippen molar-refractivity contribution < 1.29 is 0 Å². The van der Waals surface area contributed by atoms with E-state index in [1.54, 1.807) is 0 Å². The summed E-state index contributed by atoms with van der Waals surface area (Å²) in [6, 6.07) is 2.13. The third kappa shape index (κ3) is 3.66. The number of hydrogen-bond acceptors (Lipinski definition) is 3. The highest BCUT2D eigenvalue weighted by atomic mass is 32.1. The zero-order chi connectivity index (χ0) is 14.0. The number of anilines is 1. The number of nitrogens with one attached hydrogen (secondary N) is 1. The molecule has 0 bridgehead atoms. The predicted molar refractivity (Wildman–Crippen MR) is 84.7 cm³/mol. The Hall–Kier alpha value is -1.16. The third-order valence-corrected chi connectivity index (χ3v) is 3.57. The van der Waals surface area contributed by atoms with Crippen LogP contribution in [0.2, 0.25) is 0 Å². The molecule has 0 amide bonds. The van der Waals surface area contributed by atoms with Crippen LogP contribution in [0.4, 0.5) is 5.82 Å². The maximum atomic E-state index is 5.84. The van der Waals surface area contributed by atoms with Gasteiger partial charge in [-0.1, -0.05) is 33.0 Å². The van der Waals surface area contributed by atoms with E-state index in [1.807, 2.05) is 0 Å². The average molecular weight is 277 g/mol. The maximum Gasteiger partial charge on any atom is 0.136 e. The summed E-state index contributed by atoms with van der Waals surface area (Å²) in [6.07, 6.45) is 4.62. The lowest BCUT2D eigenvalue weighted by Gasteiger charge is -2.23. The van der Waals surface area contributed by atoms with Crippen LogP contribution in [-0.4, -0.2) is 16.5 Å². The molecular formula is C15H23N3S. The number of fused-ring (bicyclic) bond motifs is 1. The summed E-state index contributed by atoms with van der Waals surface area (Å²) in [5, 5.41) is 3.41. The predicted octanol–water partition coefficient (Wildman–Crippen LogP) is 3.05. The second-order valence-electron chi connectivity index (χ2n) is 6.48.